The zero-order valence-electron chi connectivity index (χ0n) is 16.4. The van der Waals surface area contributed by atoms with Crippen LogP contribution in [0.5, 0.6) is 5.75 Å². The fourth-order valence-corrected chi connectivity index (χ4v) is 2.90. The van der Waals surface area contributed by atoms with Crippen LogP contribution in [0.1, 0.15) is 31.4 Å². The van der Waals surface area contributed by atoms with Gasteiger partial charge in [0.15, 0.2) is 0 Å². The number of aromatic hydroxyl groups is 1. The van der Waals surface area contributed by atoms with Gasteiger partial charge in [-0.3, -0.25) is 9.59 Å². The maximum atomic E-state index is 12.2. The molecule has 0 aliphatic carbocycles. The van der Waals surface area contributed by atoms with Crippen LogP contribution in [0, 0.1) is 12.8 Å². The van der Waals surface area contributed by atoms with E-state index in [-0.39, 0.29) is 29.2 Å². The molecule has 2 amide bonds. The Bertz CT molecular complexity index is 996. The largest absolute Gasteiger partial charge is 0.508 e. The van der Waals surface area contributed by atoms with Crippen LogP contribution in [-0.4, -0.2) is 40.6 Å². The van der Waals surface area contributed by atoms with Crippen molar-refractivity contribution in [2.24, 2.45) is 5.92 Å². The van der Waals surface area contributed by atoms with Crippen molar-refractivity contribution in [1.82, 2.24) is 10.6 Å². The van der Waals surface area contributed by atoms with E-state index >= 15 is 0 Å². The van der Waals surface area contributed by atoms with Crippen LogP contribution in [0.25, 0.3) is 11.0 Å². The summed E-state index contributed by atoms with van der Waals surface area (Å²) < 4.78 is 5.16. The standard InChI is InChI=1S/C20H24N2O7/c1-4-10(2)18(19(26)27)22-17(25)9-21-16(24)8-14-11(3)13-6-5-12(23)7-15(13)29-20(14)28/h5-7,10,18,23H,4,8-9H2,1-3H3,(H,21,24)(H,22,25)(H,26,27)/t10-,18+/m1/s1. The first-order valence-corrected chi connectivity index (χ1v) is 9.18. The maximum Gasteiger partial charge on any atom is 0.340 e. The van der Waals surface area contributed by atoms with Gasteiger partial charge in [-0.15, -0.1) is 0 Å². The lowest BCUT2D eigenvalue weighted by Crippen LogP contribution is -2.48. The van der Waals surface area contributed by atoms with Gasteiger partial charge in [0, 0.05) is 11.5 Å². The van der Waals surface area contributed by atoms with E-state index in [1.54, 1.807) is 19.9 Å². The summed E-state index contributed by atoms with van der Waals surface area (Å²) in [7, 11) is 0. The van der Waals surface area contributed by atoms with E-state index in [2.05, 4.69) is 10.6 Å². The fourth-order valence-electron chi connectivity index (χ4n) is 2.90. The molecule has 156 valence electrons. The van der Waals surface area contributed by atoms with Crippen LogP contribution in [0.2, 0.25) is 0 Å². The third kappa shape index (κ3) is 5.34. The number of carbonyl (C=O) groups is 3. The van der Waals surface area contributed by atoms with Crippen molar-refractivity contribution in [2.75, 3.05) is 6.54 Å². The van der Waals surface area contributed by atoms with E-state index < -0.39 is 36.0 Å². The number of fused-ring (bicyclic) bond motifs is 1. The third-order valence-electron chi connectivity index (χ3n) is 4.85. The molecule has 2 rings (SSSR count). The molecule has 0 fully saturated rings. The first-order chi connectivity index (χ1) is 13.6. The zero-order chi connectivity index (χ0) is 21.7. The molecular weight excluding hydrogens is 380 g/mol. The number of aliphatic carboxylic acids is 1. The number of amides is 2. The highest BCUT2D eigenvalue weighted by Crippen LogP contribution is 2.23. The van der Waals surface area contributed by atoms with Crippen LogP contribution in [-0.2, 0) is 20.8 Å². The van der Waals surface area contributed by atoms with Gasteiger partial charge in [0.1, 0.15) is 17.4 Å². The minimum atomic E-state index is -1.14. The zero-order valence-corrected chi connectivity index (χ0v) is 16.4. The third-order valence-corrected chi connectivity index (χ3v) is 4.85. The van der Waals surface area contributed by atoms with Crippen LogP contribution < -0.4 is 16.3 Å². The first-order valence-electron chi connectivity index (χ1n) is 9.18. The number of benzene rings is 1. The highest BCUT2D eigenvalue weighted by atomic mass is 16.4. The van der Waals surface area contributed by atoms with Crippen molar-refractivity contribution in [1.29, 1.82) is 0 Å². The van der Waals surface area contributed by atoms with Gasteiger partial charge in [-0.1, -0.05) is 20.3 Å². The second kappa shape index (κ2) is 9.22. The predicted molar refractivity (Wildman–Crippen MR) is 105 cm³/mol. The molecular formula is C20H24N2O7. The summed E-state index contributed by atoms with van der Waals surface area (Å²) >= 11 is 0. The Labute approximate surface area is 166 Å². The molecule has 0 spiro atoms. The Morgan fingerprint density at radius 2 is 1.90 bits per heavy atom. The van der Waals surface area contributed by atoms with Gasteiger partial charge in [0.25, 0.3) is 0 Å². The number of carboxylic acid groups (broad SMARTS) is 1. The summed E-state index contributed by atoms with van der Waals surface area (Å²) in [4.78, 5) is 47.6. The van der Waals surface area contributed by atoms with Crippen molar-refractivity contribution in [3.05, 3.63) is 39.7 Å². The number of phenolic OH excluding ortho intramolecular Hbond substituents is 1. The van der Waals surface area contributed by atoms with Crippen LogP contribution in [0.4, 0.5) is 0 Å². The predicted octanol–water partition coefficient (Wildman–Crippen LogP) is 1.08. The Morgan fingerprint density at radius 1 is 1.21 bits per heavy atom. The summed E-state index contributed by atoms with van der Waals surface area (Å²) in [5.41, 5.74) is 0.186. The molecule has 0 radical (unpaired) electrons. The Hall–Kier alpha value is -3.36. The topological polar surface area (TPSA) is 146 Å². The second-order valence-electron chi connectivity index (χ2n) is 6.90. The van der Waals surface area contributed by atoms with E-state index in [4.69, 9.17) is 4.42 Å². The van der Waals surface area contributed by atoms with Gasteiger partial charge in [0.05, 0.1) is 18.5 Å². The van der Waals surface area contributed by atoms with Crippen LogP contribution in [0.15, 0.2) is 27.4 Å². The number of carbonyl (C=O) groups excluding carboxylic acids is 2. The molecule has 2 aromatic rings. The SMILES string of the molecule is CC[C@@H](C)[C@H](NC(=O)CNC(=O)Cc1c(C)c2ccc(O)cc2oc1=O)C(=O)O. The van der Waals surface area contributed by atoms with Gasteiger partial charge >= 0.3 is 11.6 Å². The molecule has 1 heterocycles. The molecule has 9 heteroatoms. The number of nitrogens with one attached hydrogen (secondary N) is 2. The lowest BCUT2D eigenvalue weighted by Gasteiger charge is -2.20. The molecule has 0 saturated carbocycles. The molecule has 0 aliphatic rings. The average molecular weight is 404 g/mol. The van der Waals surface area contributed by atoms with E-state index in [0.29, 0.717) is 17.4 Å². The van der Waals surface area contributed by atoms with E-state index in [0.717, 1.165) is 0 Å². The molecule has 29 heavy (non-hydrogen) atoms. The first kappa shape index (κ1) is 21.9. The van der Waals surface area contributed by atoms with Gasteiger partial charge < -0.3 is 25.3 Å². The molecule has 9 nitrogen and oxygen atoms in total. The van der Waals surface area contributed by atoms with Gasteiger partial charge in [-0.05, 0) is 30.5 Å². The smallest absolute Gasteiger partial charge is 0.340 e. The number of hydrogen-bond acceptors (Lipinski definition) is 6. The molecule has 4 N–H and O–H groups in total. The van der Waals surface area contributed by atoms with Crippen molar-refractivity contribution in [2.45, 2.75) is 39.7 Å². The molecule has 0 saturated heterocycles. The summed E-state index contributed by atoms with van der Waals surface area (Å²) in [5, 5.41) is 24.0. The van der Waals surface area contributed by atoms with E-state index in [1.165, 1.54) is 12.1 Å². The Morgan fingerprint density at radius 3 is 2.52 bits per heavy atom. The molecule has 1 aromatic carbocycles. The molecule has 0 bridgehead atoms. The average Bonchev–Trinajstić information content (AvgIpc) is 2.66. The quantitative estimate of drug-likeness (QED) is 0.482. The lowest BCUT2D eigenvalue weighted by atomic mass is 9.99. The van der Waals surface area contributed by atoms with Gasteiger partial charge in [-0.2, -0.15) is 0 Å². The highest BCUT2D eigenvalue weighted by molar-refractivity contribution is 5.89. The number of rotatable bonds is 8. The number of phenols is 1. The van der Waals surface area contributed by atoms with E-state index in [1.807, 2.05) is 6.92 Å². The minimum Gasteiger partial charge on any atom is -0.508 e. The highest BCUT2D eigenvalue weighted by Gasteiger charge is 2.25. The molecule has 0 unspecified atom stereocenters. The van der Waals surface area contributed by atoms with Crippen molar-refractivity contribution in [3.8, 4) is 5.75 Å². The lowest BCUT2D eigenvalue weighted by molar-refractivity contribution is -0.143. The molecule has 2 atom stereocenters. The van der Waals surface area contributed by atoms with Crippen LogP contribution in [0.3, 0.4) is 0 Å². The van der Waals surface area contributed by atoms with E-state index in [9.17, 15) is 29.4 Å². The van der Waals surface area contributed by atoms with Crippen molar-refractivity contribution in [3.63, 3.8) is 0 Å². The summed E-state index contributed by atoms with van der Waals surface area (Å²) in [6, 6.07) is 3.29. The maximum absolute atomic E-state index is 12.2. The van der Waals surface area contributed by atoms with Gasteiger partial charge in [-0.25, -0.2) is 9.59 Å². The fraction of sp³-hybridized carbons (Fsp3) is 0.400. The monoisotopic (exact) mass is 404 g/mol. The van der Waals surface area contributed by atoms with Crippen molar-refractivity contribution >= 4 is 28.8 Å². The second-order valence-corrected chi connectivity index (χ2v) is 6.90. The normalized spacial score (nSPS) is 12.9. The summed E-state index contributed by atoms with van der Waals surface area (Å²) in [6.45, 7) is 4.77. The number of carboxylic acids is 1. The molecule has 1 aromatic heterocycles. The van der Waals surface area contributed by atoms with Gasteiger partial charge in [0.2, 0.25) is 11.8 Å². The minimum absolute atomic E-state index is 0.0476. The Balaban J connectivity index is 2.04. The Kier molecular flexibility index (Phi) is 6.98. The summed E-state index contributed by atoms with van der Waals surface area (Å²) in [6.07, 6.45) is 0.268. The van der Waals surface area contributed by atoms with Crippen LogP contribution >= 0.6 is 0 Å². The van der Waals surface area contributed by atoms with Crippen molar-refractivity contribution < 1.29 is 29.0 Å². The number of aryl methyl sites for hydroxylation is 1. The summed E-state index contributed by atoms with van der Waals surface area (Å²) in [5.74, 6) is -2.67. The number of hydrogen-bond donors (Lipinski definition) is 4. The molecule has 0 aliphatic heterocycles.